The highest BCUT2D eigenvalue weighted by molar-refractivity contribution is 5.48. The van der Waals surface area contributed by atoms with E-state index in [1.54, 1.807) is 0 Å². The molecule has 3 atom stereocenters. The molecular formula is C32H54O2. The third-order valence-corrected chi connectivity index (χ3v) is 7.69. The standard InChI is InChI=1S/C32H54O2/c1-8-9-10-22-33-30-23-28(6)31-29(24-30)19-21-32(7,34-31)20-13-18-27(5)17-12-16-26(4)15-11-14-25(2)3/h8,23-27H,1,9-22H2,2-7H3/t26-,27-,32-/m1/s1. The van der Waals surface area contributed by atoms with E-state index in [9.17, 15) is 0 Å². The van der Waals surface area contributed by atoms with Gasteiger partial charge in [0.2, 0.25) is 0 Å². The molecule has 2 rings (SSSR count). The lowest BCUT2D eigenvalue weighted by molar-refractivity contribution is 0.0514. The second-order valence-electron chi connectivity index (χ2n) is 11.9. The van der Waals surface area contributed by atoms with Crippen molar-refractivity contribution in [3.63, 3.8) is 0 Å². The zero-order valence-corrected chi connectivity index (χ0v) is 23.4. The first-order chi connectivity index (χ1) is 16.2. The molecule has 1 heterocycles. The minimum atomic E-state index is -0.0330. The number of fused-ring (bicyclic) bond motifs is 1. The SMILES string of the molecule is C=CCCCOc1cc(C)c2c(c1)CC[C@@](C)(CCC[C@H](C)CCC[C@H](C)CCCC(C)C)O2. The summed E-state index contributed by atoms with van der Waals surface area (Å²) in [5.41, 5.74) is 2.49. The van der Waals surface area contributed by atoms with Crippen molar-refractivity contribution in [1.82, 2.24) is 0 Å². The summed E-state index contributed by atoms with van der Waals surface area (Å²) < 4.78 is 12.6. The van der Waals surface area contributed by atoms with Crippen LogP contribution in [0.25, 0.3) is 0 Å². The largest absolute Gasteiger partial charge is 0.494 e. The van der Waals surface area contributed by atoms with Crippen LogP contribution < -0.4 is 9.47 Å². The fourth-order valence-corrected chi connectivity index (χ4v) is 5.32. The van der Waals surface area contributed by atoms with Crippen LogP contribution in [0.4, 0.5) is 0 Å². The van der Waals surface area contributed by atoms with Gasteiger partial charge in [-0.2, -0.15) is 0 Å². The van der Waals surface area contributed by atoms with E-state index in [1.807, 2.05) is 6.08 Å². The summed E-state index contributed by atoms with van der Waals surface area (Å²) in [5, 5.41) is 0. The maximum Gasteiger partial charge on any atom is 0.126 e. The van der Waals surface area contributed by atoms with Crippen LogP contribution in [0.15, 0.2) is 24.8 Å². The van der Waals surface area contributed by atoms with Gasteiger partial charge in [0.1, 0.15) is 17.1 Å². The monoisotopic (exact) mass is 470 g/mol. The molecule has 0 saturated heterocycles. The predicted molar refractivity (Wildman–Crippen MR) is 148 cm³/mol. The zero-order valence-electron chi connectivity index (χ0n) is 23.4. The number of unbranched alkanes of at least 4 members (excludes halogenated alkanes) is 1. The molecule has 0 saturated carbocycles. The van der Waals surface area contributed by atoms with Crippen LogP contribution in [0.2, 0.25) is 0 Å². The van der Waals surface area contributed by atoms with Crippen molar-refractivity contribution >= 4 is 0 Å². The molecule has 2 nitrogen and oxygen atoms in total. The minimum absolute atomic E-state index is 0.0330. The van der Waals surface area contributed by atoms with E-state index in [4.69, 9.17) is 9.47 Å². The van der Waals surface area contributed by atoms with Crippen LogP contribution in [0, 0.1) is 24.7 Å². The molecule has 0 aliphatic carbocycles. The molecular weight excluding hydrogens is 416 g/mol. The summed E-state index contributed by atoms with van der Waals surface area (Å²) in [6.07, 6.45) is 18.3. The Balaban J connectivity index is 1.70. The summed E-state index contributed by atoms with van der Waals surface area (Å²) in [4.78, 5) is 0. The lowest BCUT2D eigenvalue weighted by Crippen LogP contribution is -2.36. The zero-order chi connectivity index (χ0) is 25.0. The average Bonchev–Trinajstić information content (AvgIpc) is 2.77. The Hall–Kier alpha value is -1.44. The molecule has 194 valence electrons. The smallest absolute Gasteiger partial charge is 0.126 e. The van der Waals surface area contributed by atoms with E-state index in [-0.39, 0.29) is 5.60 Å². The lowest BCUT2D eigenvalue weighted by atomic mass is 9.85. The number of allylic oxidation sites excluding steroid dienone is 1. The number of benzene rings is 1. The normalized spacial score (nSPS) is 19.4. The molecule has 1 aromatic carbocycles. The van der Waals surface area contributed by atoms with Crippen molar-refractivity contribution in [1.29, 1.82) is 0 Å². The van der Waals surface area contributed by atoms with Crippen molar-refractivity contribution in [2.75, 3.05) is 6.61 Å². The number of hydrogen-bond donors (Lipinski definition) is 0. The first-order valence-corrected chi connectivity index (χ1v) is 14.3. The fourth-order valence-electron chi connectivity index (χ4n) is 5.32. The van der Waals surface area contributed by atoms with Gasteiger partial charge in [-0.3, -0.25) is 0 Å². The van der Waals surface area contributed by atoms with E-state index in [1.165, 1.54) is 62.5 Å². The highest BCUT2D eigenvalue weighted by Crippen LogP contribution is 2.40. The first kappa shape index (κ1) is 28.8. The van der Waals surface area contributed by atoms with Crippen molar-refractivity contribution in [3.8, 4) is 11.5 Å². The molecule has 0 unspecified atom stereocenters. The summed E-state index contributed by atoms with van der Waals surface area (Å²) in [6, 6.07) is 4.34. The minimum Gasteiger partial charge on any atom is -0.494 e. The number of hydrogen-bond acceptors (Lipinski definition) is 2. The Morgan fingerprint density at radius 3 is 2.26 bits per heavy atom. The van der Waals surface area contributed by atoms with Crippen molar-refractivity contribution in [2.24, 2.45) is 17.8 Å². The van der Waals surface area contributed by atoms with Gasteiger partial charge >= 0.3 is 0 Å². The Bertz CT molecular complexity index is 722. The third-order valence-electron chi connectivity index (χ3n) is 7.69. The second kappa shape index (κ2) is 14.8. The van der Waals surface area contributed by atoms with Crippen LogP contribution in [0.5, 0.6) is 11.5 Å². The molecule has 0 amide bonds. The molecule has 1 aliphatic rings. The molecule has 0 bridgehead atoms. The maximum atomic E-state index is 6.63. The van der Waals surface area contributed by atoms with E-state index in [0.717, 1.165) is 68.0 Å². The van der Waals surface area contributed by atoms with Crippen LogP contribution >= 0.6 is 0 Å². The number of rotatable bonds is 17. The van der Waals surface area contributed by atoms with Gasteiger partial charge in [0.25, 0.3) is 0 Å². The molecule has 0 N–H and O–H groups in total. The molecule has 2 heteroatoms. The Labute approximate surface area is 211 Å². The van der Waals surface area contributed by atoms with Crippen molar-refractivity contribution < 1.29 is 9.47 Å². The van der Waals surface area contributed by atoms with Crippen molar-refractivity contribution in [3.05, 3.63) is 35.9 Å². The van der Waals surface area contributed by atoms with Gasteiger partial charge in [-0.1, -0.05) is 78.7 Å². The van der Waals surface area contributed by atoms with Gasteiger partial charge in [0.05, 0.1) is 6.61 Å². The van der Waals surface area contributed by atoms with Crippen LogP contribution in [-0.4, -0.2) is 12.2 Å². The third kappa shape index (κ3) is 10.4. The molecule has 0 spiro atoms. The molecule has 0 aromatic heterocycles. The predicted octanol–water partition coefficient (Wildman–Crippen LogP) is 9.86. The van der Waals surface area contributed by atoms with Crippen molar-refractivity contribution in [2.45, 2.75) is 131 Å². The fraction of sp³-hybridized carbons (Fsp3) is 0.750. The molecule has 34 heavy (non-hydrogen) atoms. The summed E-state index contributed by atoms with van der Waals surface area (Å²) in [5.74, 6) is 4.65. The summed E-state index contributed by atoms with van der Waals surface area (Å²) in [6.45, 7) is 18.6. The quantitative estimate of drug-likeness (QED) is 0.166. The molecule has 0 radical (unpaired) electrons. The van der Waals surface area contributed by atoms with E-state index < -0.39 is 0 Å². The molecule has 1 aliphatic heterocycles. The van der Waals surface area contributed by atoms with Gasteiger partial charge in [0.15, 0.2) is 0 Å². The van der Waals surface area contributed by atoms with E-state index in [0.29, 0.717) is 0 Å². The van der Waals surface area contributed by atoms with E-state index >= 15 is 0 Å². The number of aryl methyl sites for hydroxylation is 2. The maximum absolute atomic E-state index is 6.63. The lowest BCUT2D eigenvalue weighted by Gasteiger charge is -2.37. The van der Waals surface area contributed by atoms with Gasteiger partial charge < -0.3 is 9.47 Å². The van der Waals surface area contributed by atoms with Crippen LogP contribution in [0.3, 0.4) is 0 Å². The average molecular weight is 471 g/mol. The van der Waals surface area contributed by atoms with Gasteiger partial charge in [0, 0.05) is 0 Å². The number of ether oxygens (including phenoxy) is 2. The Morgan fingerprint density at radius 2 is 1.62 bits per heavy atom. The van der Waals surface area contributed by atoms with Crippen LogP contribution in [-0.2, 0) is 6.42 Å². The van der Waals surface area contributed by atoms with Gasteiger partial charge in [-0.15, -0.1) is 6.58 Å². The van der Waals surface area contributed by atoms with Crippen LogP contribution in [0.1, 0.15) is 123 Å². The topological polar surface area (TPSA) is 18.5 Å². The Kier molecular flexibility index (Phi) is 12.6. The first-order valence-electron chi connectivity index (χ1n) is 14.3. The molecule has 0 fully saturated rings. The molecule has 1 aromatic rings. The highest BCUT2D eigenvalue weighted by Gasteiger charge is 2.32. The highest BCUT2D eigenvalue weighted by atomic mass is 16.5. The summed E-state index contributed by atoms with van der Waals surface area (Å²) >= 11 is 0. The van der Waals surface area contributed by atoms with Gasteiger partial charge in [-0.05, 0) is 93.4 Å². The summed E-state index contributed by atoms with van der Waals surface area (Å²) in [7, 11) is 0. The van der Waals surface area contributed by atoms with Gasteiger partial charge in [-0.25, -0.2) is 0 Å². The van der Waals surface area contributed by atoms with E-state index in [2.05, 4.69) is 60.3 Å². The Morgan fingerprint density at radius 1 is 0.971 bits per heavy atom. The second-order valence-corrected chi connectivity index (χ2v) is 11.9.